The zero-order valence-corrected chi connectivity index (χ0v) is 9.20. The minimum Gasteiger partial charge on any atom is -0.389 e. The van der Waals surface area contributed by atoms with E-state index in [1.807, 2.05) is 33.0 Å². The van der Waals surface area contributed by atoms with E-state index in [1.54, 1.807) is 18.5 Å². The fourth-order valence-corrected chi connectivity index (χ4v) is 0.948. The van der Waals surface area contributed by atoms with Gasteiger partial charge in [-0.25, -0.2) is 0 Å². The van der Waals surface area contributed by atoms with Gasteiger partial charge in [-0.15, -0.1) is 0 Å². The average molecular weight is 184 g/mol. The second kappa shape index (κ2) is 5.02. The Hall–Kier alpha value is -0.830. The van der Waals surface area contributed by atoms with Crippen LogP contribution in [0, 0.1) is 6.92 Å². The molecular formula is C10H20N2O. The highest BCUT2D eigenvalue weighted by Crippen LogP contribution is 2.04. The summed E-state index contributed by atoms with van der Waals surface area (Å²) in [7, 11) is 0. The number of rotatable bonds is 2. The first-order valence-corrected chi connectivity index (χ1v) is 4.70. The minimum absolute atomic E-state index is 0.543. The molecule has 13 heavy (non-hydrogen) atoms. The smallest absolute Gasteiger partial charge is 0.0786 e. The molecule has 0 saturated carbocycles. The summed E-state index contributed by atoms with van der Waals surface area (Å²) in [6.45, 7) is 10.0. The highest BCUT2D eigenvalue weighted by Gasteiger charge is 2.13. The summed E-state index contributed by atoms with van der Waals surface area (Å²) >= 11 is 0. The Morgan fingerprint density at radius 3 is 2.31 bits per heavy atom. The summed E-state index contributed by atoms with van der Waals surface area (Å²) < 4.78 is 1.75. The van der Waals surface area contributed by atoms with Gasteiger partial charge in [-0.3, -0.25) is 4.68 Å². The first-order chi connectivity index (χ1) is 5.97. The van der Waals surface area contributed by atoms with Crippen LogP contribution >= 0.6 is 0 Å². The van der Waals surface area contributed by atoms with Crippen LogP contribution in [-0.4, -0.2) is 20.5 Å². The van der Waals surface area contributed by atoms with Crippen LogP contribution in [0.5, 0.6) is 0 Å². The van der Waals surface area contributed by atoms with Crippen molar-refractivity contribution in [2.24, 2.45) is 0 Å². The lowest BCUT2D eigenvalue weighted by Gasteiger charge is -2.16. The van der Waals surface area contributed by atoms with Gasteiger partial charge in [-0.05, 0) is 26.8 Å². The molecule has 1 heterocycles. The predicted octanol–water partition coefficient (Wildman–Crippen LogP) is 1.99. The van der Waals surface area contributed by atoms with Crippen molar-refractivity contribution < 1.29 is 5.11 Å². The largest absolute Gasteiger partial charge is 0.389 e. The fourth-order valence-electron chi connectivity index (χ4n) is 0.948. The molecule has 1 N–H and O–H groups in total. The molecule has 0 radical (unpaired) electrons. The normalized spacial score (nSPS) is 10.6. The first-order valence-electron chi connectivity index (χ1n) is 4.70. The molecule has 0 aromatic carbocycles. The van der Waals surface area contributed by atoms with Crippen LogP contribution in [0.4, 0.5) is 0 Å². The van der Waals surface area contributed by atoms with Gasteiger partial charge in [0.05, 0.1) is 17.8 Å². The molecule has 0 aliphatic rings. The van der Waals surface area contributed by atoms with Gasteiger partial charge in [0.1, 0.15) is 0 Å². The van der Waals surface area contributed by atoms with Gasteiger partial charge in [0.15, 0.2) is 0 Å². The molecule has 0 amide bonds. The molecule has 3 heteroatoms. The SMILES string of the molecule is CC.Cc1ccn(CC(C)(C)O)n1. The zero-order valence-electron chi connectivity index (χ0n) is 9.20. The standard InChI is InChI=1S/C8H14N2O.C2H6/c1-7-4-5-10(9-7)6-8(2,3)11;1-2/h4-5,11H,6H2,1-3H3;1-2H3. The van der Waals surface area contributed by atoms with Crippen molar-refractivity contribution in [3.05, 3.63) is 18.0 Å². The van der Waals surface area contributed by atoms with E-state index in [2.05, 4.69) is 5.10 Å². The summed E-state index contributed by atoms with van der Waals surface area (Å²) in [5.74, 6) is 0. The lowest BCUT2D eigenvalue weighted by atomic mass is 10.1. The maximum Gasteiger partial charge on any atom is 0.0786 e. The van der Waals surface area contributed by atoms with Gasteiger partial charge < -0.3 is 5.11 Å². The van der Waals surface area contributed by atoms with Crippen molar-refractivity contribution in [1.29, 1.82) is 0 Å². The number of hydrogen-bond donors (Lipinski definition) is 1. The molecule has 0 unspecified atom stereocenters. The minimum atomic E-state index is -0.682. The van der Waals surface area contributed by atoms with Crippen LogP contribution in [0.25, 0.3) is 0 Å². The molecule has 1 aromatic heterocycles. The van der Waals surface area contributed by atoms with Crippen LogP contribution < -0.4 is 0 Å². The summed E-state index contributed by atoms with van der Waals surface area (Å²) in [4.78, 5) is 0. The van der Waals surface area contributed by atoms with E-state index < -0.39 is 5.60 Å². The van der Waals surface area contributed by atoms with E-state index in [0.29, 0.717) is 6.54 Å². The molecule has 3 nitrogen and oxygen atoms in total. The number of aliphatic hydroxyl groups is 1. The van der Waals surface area contributed by atoms with Crippen molar-refractivity contribution in [2.45, 2.75) is 46.8 Å². The van der Waals surface area contributed by atoms with Gasteiger partial charge in [0.25, 0.3) is 0 Å². The average Bonchev–Trinajstić information content (AvgIpc) is 2.36. The summed E-state index contributed by atoms with van der Waals surface area (Å²) in [5.41, 5.74) is 0.299. The van der Waals surface area contributed by atoms with E-state index in [9.17, 15) is 5.11 Å². The Kier molecular flexibility index (Phi) is 4.70. The van der Waals surface area contributed by atoms with E-state index in [1.165, 1.54) is 0 Å². The lowest BCUT2D eigenvalue weighted by molar-refractivity contribution is 0.0577. The lowest BCUT2D eigenvalue weighted by Crippen LogP contribution is -2.26. The van der Waals surface area contributed by atoms with E-state index in [0.717, 1.165) is 5.69 Å². The highest BCUT2D eigenvalue weighted by molar-refractivity contribution is 4.95. The van der Waals surface area contributed by atoms with Crippen molar-refractivity contribution in [3.8, 4) is 0 Å². The number of aryl methyl sites for hydroxylation is 1. The first kappa shape index (κ1) is 12.2. The maximum atomic E-state index is 9.42. The molecule has 0 spiro atoms. The molecular weight excluding hydrogens is 164 g/mol. The van der Waals surface area contributed by atoms with E-state index >= 15 is 0 Å². The molecule has 1 aromatic rings. The summed E-state index contributed by atoms with van der Waals surface area (Å²) in [6.07, 6.45) is 1.87. The topological polar surface area (TPSA) is 38.0 Å². The van der Waals surface area contributed by atoms with Gasteiger partial charge >= 0.3 is 0 Å². The second-order valence-corrected chi connectivity index (χ2v) is 3.47. The summed E-state index contributed by atoms with van der Waals surface area (Å²) in [6, 6.07) is 1.92. The molecule has 0 bridgehead atoms. The van der Waals surface area contributed by atoms with Crippen LogP contribution in [0.1, 0.15) is 33.4 Å². The summed E-state index contributed by atoms with van der Waals surface area (Å²) in [5, 5.41) is 13.6. The number of hydrogen-bond acceptors (Lipinski definition) is 2. The Labute approximate surface area is 80.4 Å². The van der Waals surface area contributed by atoms with Crippen molar-refractivity contribution in [1.82, 2.24) is 9.78 Å². The van der Waals surface area contributed by atoms with Crippen LogP contribution in [-0.2, 0) is 6.54 Å². The number of nitrogens with zero attached hydrogens (tertiary/aromatic N) is 2. The van der Waals surface area contributed by atoms with Gasteiger partial charge in [0.2, 0.25) is 0 Å². The molecule has 76 valence electrons. The molecule has 1 rings (SSSR count). The Morgan fingerprint density at radius 1 is 1.46 bits per heavy atom. The van der Waals surface area contributed by atoms with E-state index in [4.69, 9.17) is 0 Å². The molecule has 0 atom stereocenters. The fraction of sp³-hybridized carbons (Fsp3) is 0.700. The highest BCUT2D eigenvalue weighted by atomic mass is 16.3. The molecule has 0 aliphatic heterocycles. The Bertz CT molecular complexity index is 235. The number of aromatic nitrogens is 2. The molecule has 0 fully saturated rings. The van der Waals surface area contributed by atoms with Crippen LogP contribution in [0.3, 0.4) is 0 Å². The van der Waals surface area contributed by atoms with Crippen molar-refractivity contribution in [2.75, 3.05) is 0 Å². The second-order valence-electron chi connectivity index (χ2n) is 3.47. The van der Waals surface area contributed by atoms with Crippen LogP contribution in [0.2, 0.25) is 0 Å². The zero-order chi connectivity index (χ0) is 10.5. The molecule has 0 aliphatic carbocycles. The van der Waals surface area contributed by atoms with Crippen LogP contribution in [0.15, 0.2) is 12.3 Å². The quantitative estimate of drug-likeness (QED) is 0.763. The third kappa shape index (κ3) is 5.42. The van der Waals surface area contributed by atoms with Gasteiger partial charge in [0, 0.05) is 6.20 Å². The van der Waals surface area contributed by atoms with Gasteiger partial charge in [-0.2, -0.15) is 5.10 Å². The monoisotopic (exact) mass is 184 g/mol. The van der Waals surface area contributed by atoms with E-state index in [-0.39, 0.29) is 0 Å². The van der Waals surface area contributed by atoms with Crippen molar-refractivity contribution in [3.63, 3.8) is 0 Å². The third-order valence-electron chi connectivity index (χ3n) is 1.32. The Balaban J connectivity index is 0.000000671. The van der Waals surface area contributed by atoms with Gasteiger partial charge in [-0.1, -0.05) is 13.8 Å². The molecule has 0 saturated heterocycles. The maximum absolute atomic E-state index is 9.42. The Morgan fingerprint density at radius 2 is 2.00 bits per heavy atom. The van der Waals surface area contributed by atoms with Crippen molar-refractivity contribution >= 4 is 0 Å². The third-order valence-corrected chi connectivity index (χ3v) is 1.32. The predicted molar refractivity (Wildman–Crippen MR) is 54.6 cm³/mol.